The fourth-order valence-electron chi connectivity index (χ4n) is 2.29. The van der Waals surface area contributed by atoms with Crippen LogP contribution in [0.4, 0.5) is 10.2 Å². The summed E-state index contributed by atoms with van der Waals surface area (Å²) >= 11 is 0. The topological polar surface area (TPSA) is 59.8 Å². The molecule has 1 unspecified atom stereocenters. The molecule has 6 heteroatoms. The molecule has 1 N–H and O–H groups in total. The lowest BCUT2D eigenvalue weighted by atomic mass is 10.0. The summed E-state index contributed by atoms with van der Waals surface area (Å²) in [6.07, 6.45) is 4.76. The number of nitrogens with one attached hydrogen (secondary N) is 1. The summed E-state index contributed by atoms with van der Waals surface area (Å²) in [6.45, 7) is 0. The molecule has 0 aliphatic rings. The van der Waals surface area contributed by atoms with E-state index in [2.05, 4.69) is 15.3 Å². The van der Waals surface area contributed by atoms with Crippen molar-refractivity contribution >= 4 is 5.82 Å². The molecule has 0 saturated carbocycles. The number of anilines is 1. The molecule has 3 rings (SSSR count). The maximum atomic E-state index is 13.6. The van der Waals surface area contributed by atoms with E-state index in [-0.39, 0.29) is 17.2 Å². The van der Waals surface area contributed by atoms with Gasteiger partial charge in [0.15, 0.2) is 5.82 Å². The highest BCUT2D eigenvalue weighted by atomic mass is 19.1. The summed E-state index contributed by atoms with van der Waals surface area (Å²) in [6, 6.07) is 11.2. The first-order valence-electron chi connectivity index (χ1n) is 7.10. The number of pyridine rings is 1. The second-order valence-electron chi connectivity index (χ2n) is 5.08. The van der Waals surface area contributed by atoms with Crippen molar-refractivity contribution < 1.29 is 4.39 Å². The highest BCUT2D eigenvalue weighted by Crippen LogP contribution is 2.23. The fourth-order valence-corrected chi connectivity index (χ4v) is 2.29. The second-order valence-corrected chi connectivity index (χ2v) is 5.08. The van der Waals surface area contributed by atoms with Crippen molar-refractivity contribution in [2.75, 3.05) is 5.32 Å². The lowest BCUT2D eigenvalue weighted by molar-refractivity contribution is 0.624. The molecule has 1 aromatic carbocycles. The van der Waals surface area contributed by atoms with E-state index in [1.807, 2.05) is 12.1 Å². The largest absolute Gasteiger partial charge is 0.353 e. The Hall–Kier alpha value is -3.02. The first-order valence-corrected chi connectivity index (χ1v) is 7.10. The summed E-state index contributed by atoms with van der Waals surface area (Å²) in [5.74, 6) is -0.158. The first-order chi connectivity index (χ1) is 11.1. The molecule has 23 heavy (non-hydrogen) atoms. The highest BCUT2D eigenvalue weighted by Gasteiger charge is 2.18. The van der Waals surface area contributed by atoms with Gasteiger partial charge in [-0.3, -0.25) is 9.78 Å². The zero-order chi connectivity index (χ0) is 16.2. The molecule has 0 aliphatic carbocycles. The van der Waals surface area contributed by atoms with Crippen LogP contribution < -0.4 is 10.9 Å². The van der Waals surface area contributed by atoms with Gasteiger partial charge in [-0.05, 0) is 29.8 Å². The smallest absolute Gasteiger partial charge is 0.293 e. The normalized spacial score (nSPS) is 11.9. The van der Waals surface area contributed by atoms with Gasteiger partial charge in [0.25, 0.3) is 5.56 Å². The predicted molar refractivity (Wildman–Crippen MR) is 85.6 cm³/mol. The van der Waals surface area contributed by atoms with Gasteiger partial charge >= 0.3 is 0 Å². The molecule has 0 amide bonds. The van der Waals surface area contributed by atoms with Gasteiger partial charge in [0.2, 0.25) is 0 Å². The molecular weight excluding hydrogens is 295 g/mol. The number of rotatable bonds is 4. The Bertz CT molecular complexity index is 864. The van der Waals surface area contributed by atoms with Crippen molar-refractivity contribution in [3.05, 3.63) is 88.5 Å². The molecule has 116 valence electrons. The van der Waals surface area contributed by atoms with Crippen LogP contribution in [0.5, 0.6) is 0 Å². The minimum atomic E-state index is -0.477. The van der Waals surface area contributed by atoms with E-state index in [1.165, 1.54) is 22.9 Å². The summed E-state index contributed by atoms with van der Waals surface area (Å²) < 4.78 is 15.0. The summed E-state index contributed by atoms with van der Waals surface area (Å²) in [5.41, 5.74) is 1.08. The Morgan fingerprint density at radius 3 is 2.74 bits per heavy atom. The zero-order valence-corrected chi connectivity index (χ0v) is 12.5. The maximum Gasteiger partial charge on any atom is 0.293 e. The quantitative estimate of drug-likeness (QED) is 0.804. The minimum absolute atomic E-state index is 0.190. The average Bonchev–Trinajstić information content (AvgIpc) is 2.57. The molecular formula is C17H15FN4O. The number of hydrogen-bond acceptors (Lipinski definition) is 4. The third-order valence-electron chi connectivity index (χ3n) is 3.46. The van der Waals surface area contributed by atoms with Crippen LogP contribution in [0.25, 0.3) is 0 Å². The van der Waals surface area contributed by atoms with Crippen molar-refractivity contribution in [3.63, 3.8) is 0 Å². The van der Waals surface area contributed by atoms with Crippen LogP contribution in [-0.4, -0.2) is 14.5 Å². The molecule has 0 bridgehead atoms. The van der Waals surface area contributed by atoms with Gasteiger partial charge in [-0.2, -0.15) is 0 Å². The fraction of sp³-hybridized carbons (Fsp3) is 0.118. The van der Waals surface area contributed by atoms with Gasteiger partial charge < -0.3 is 9.88 Å². The Morgan fingerprint density at radius 1 is 1.13 bits per heavy atom. The highest BCUT2D eigenvalue weighted by molar-refractivity contribution is 5.41. The van der Waals surface area contributed by atoms with Crippen LogP contribution in [-0.2, 0) is 7.05 Å². The Kier molecular flexibility index (Phi) is 4.14. The van der Waals surface area contributed by atoms with Crippen molar-refractivity contribution in [2.24, 2.45) is 7.05 Å². The van der Waals surface area contributed by atoms with Gasteiger partial charge in [-0.15, -0.1) is 0 Å². The van der Waals surface area contributed by atoms with Crippen molar-refractivity contribution in [1.29, 1.82) is 0 Å². The molecule has 5 nitrogen and oxygen atoms in total. The van der Waals surface area contributed by atoms with Crippen LogP contribution in [0.3, 0.4) is 0 Å². The Morgan fingerprint density at radius 2 is 2.00 bits per heavy atom. The van der Waals surface area contributed by atoms with Crippen molar-refractivity contribution in [3.8, 4) is 0 Å². The Balaban J connectivity index is 2.06. The molecule has 0 saturated heterocycles. The number of halogens is 1. The van der Waals surface area contributed by atoms with E-state index in [1.54, 1.807) is 37.6 Å². The molecule has 0 aliphatic heterocycles. The average molecular weight is 310 g/mol. The minimum Gasteiger partial charge on any atom is -0.353 e. The standard InChI is InChI=1S/C17H15FN4O/c1-22-10-9-20-16(17(22)23)21-15(14-7-2-3-8-19-14)12-5-4-6-13(18)11-12/h2-11,15H,1H3,(H,20,21). The van der Waals surface area contributed by atoms with E-state index in [9.17, 15) is 9.18 Å². The van der Waals surface area contributed by atoms with Crippen LogP contribution in [0.1, 0.15) is 17.3 Å². The molecule has 2 aromatic heterocycles. The predicted octanol–water partition coefficient (Wildman–Crippen LogP) is 2.52. The van der Waals surface area contributed by atoms with E-state index in [0.717, 1.165) is 0 Å². The first kappa shape index (κ1) is 14.9. The van der Waals surface area contributed by atoms with Gasteiger partial charge in [0.05, 0.1) is 11.7 Å². The molecule has 0 fully saturated rings. The SMILES string of the molecule is Cn1ccnc(NC(c2cccc(F)c2)c2ccccn2)c1=O. The molecule has 2 heterocycles. The summed E-state index contributed by atoms with van der Waals surface area (Å²) in [5, 5.41) is 3.07. The summed E-state index contributed by atoms with van der Waals surface area (Å²) in [4.78, 5) is 20.6. The van der Waals surface area contributed by atoms with Crippen LogP contribution >= 0.6 is 0 Å². The van der Waals surface area contributed by atoms with Gasteiger partial charge in [0.1, 0.15) is 5.82 Å². The lowest BCUT2D eigenvalue weighted by Gasteiger charge is -2.19. The maximum absolute atomic E-state index is 13.6. The zero-order valence-electron chi connectivity index (χ0n) is 12.5. The van der Waals surface area contributed by atoms with Gasteiger partial charge in [-0.1, -0.05) is 18.2 Å². The molecule has 1 atom stereocenters. The molecule has 0 spiro atoms. The van der Waals surface area contributed by atoms with Gasteiger partial charge in [0, 0.05) is 25.6 Å². The van der Waals surface area contributed by atoms with Gasteiger partial charge in [-0.25, -0.2) is 9.37 Å². The van der Waals surface area contributed by atoms with Crippen LogP contribution in [0, 0.1) is 5.82 Å². The molecule has 3 aromatic rings. The van der Waals surface area contributed by atoms with Crippen molar-refractivity contribution in [1.82, 2.24) is 14.5 Å². The monoisotopic (exact) mass is 310 g/mol. The number of aromatic nitrogens is 3. The van der Waals surface area contributed by atoms with E-state index in [0.29, 0.717) is 11.3 Å². The van der Waals surface area contributed by atoms with E-state index in [4.69, 9.17) is 0 Å². The number of hydrogen-bond donors (Lipinski definition) is 1. The number of aryl methyl sites for hydroxylation is 1. The van der Waals surface area contributed by atoms with E-state index < -0.39 is 6.04 Å². The number of benzene rings is 1. The Labute approximate surface area is 132 Å². The number of nitrogens with zero attached hydrogens (tertiary/aromatic N) is 3. The third kappa shape index (κ3) is 3.26. The lowest BCUT2D eigenvalue weighted by Crippen LogP contribution is -2.25. The van der Waals surface area contributed by atoms with Crippen LogP contribution in [0.15, 0.2) is 65.8 Å². The van der Waals surface area contributed by atoms with E-state index >= 15 is 0 Å². The van der Waals surface area contributed by atoms with Crippen LogP contribution in [0.2, 0.25) is 0 Å². The molecule has 0 radical (unpaired) electrons. The second kappa shape index (κ2) is 6.39. The summed E-state index contributed by atoms with van der Waals surface area (Å²) in [7, 11) is 1.65. The third-order valence-corrected chi connectivity index (χ3v) is 3.46. The van der Waals surface area contributed by atoms with Crippen molar-refractivity contribution in [2.45, 2.75) is 6.04 Å².